The maximum atomic E-state index is 11.1. The SMILES string of the molecule is Cc1ccc(CN2CCN([C@H](C)c3nccs3)CC2)cc1[N+](=O)[O-]. The normalized spacial score (nSPS) is 17.8. The fourth-order valence-electron chi connectivity index (χ4n) is 3.11. The highest BCUT2D eigenvalue weighted by molar-refractivity contribution is 7.09. The Bertz CT molecular complexity index is 697. The summed E-state index contributed by atoms with van der Waals surface area (Å²) in [7, 11) is 0. The summed E-state index contributed by atoms with van der Waals surface area (Å²) >= 11 is 1.70. The summed E-state index contributed by atoms with van der Waals surface area (Å²) in [5.74, 6) is 0. The fourth-order valence-corrected chi connectivity index (χ4v) is 3.84. The Hall–Kier alpha value is -1.83. The van der Waals surface area contributed by atoms with Crippen molar-refractivity contribution in [2.24, 2.45) is 0 Å². The number of hydrogen-bond acceptors (Lipinski definition) is 6. The van der Waals surface area contributed by atoms with E-state index in [0.717, 1.165) is 43.3 Å². The van der Waals surface area contributed by atoms with Crippen LogP contribution in [-0.2, 0) is 6.54 Å². The molecule has 128 valence electrons. The quantitative estimate of drug-likeness (QED) is 0.614. The van der Waals surface area contributed by atoms with Crippen LogP contribution in [0.15, 0.2) is 29.8 Å². The number of nitrogens with zero attached hydrogens (tertiary/aromatic N) is 4. The van der Waals surface area contributed by atoms with Crippen LogP contribution in [-0.4, -0.2) is 45.9 Å². The average molecular weight is 346 g/mol. The van der Waals surface area contributed by atoms with E-state index < -0.39 is 0 Å². The number of aromatic nitrogens is 1. The highest BCUT2D eigenvalue weighted by atomic mass is 32.1. The molecule has 1 aliphatic rings. The summed E-state index contributed by atoms with van der Waals surface area (Å²) in [6.07, 6.45) is 1.86. The number of thiazole rings is 1. The molecular weight excluding hydrogens is 324 g/mol. The summed E-state index contributed by atoms with van der Waals surface area (Å²) in [6.45, 7) is 8.68. The third-order valence-corrected chi connectivity index (χ3v) is 5.59. The molecule has 24 heavy (non-hydrogen) atoms. The highest BCUT2D eigenvalue weighted by Crippen LogP contribution is 2.24. The Morgan fingerprint density at radius 2 is 2.08 bits per heavy atom. The van der Waals surface area contributed by atoms with Crippen LogP contribution in [0.1, 0.15) is 29.1 Å². The Kier molecular flexibility index (Phi) is 5.23. The molecule has 0 aliphatic carbocycles. The van der Waals surface area contributed by atoms with Crippen LogP contribution in [0.25, 0.3) is 0 Å². The Labute approximate surface area is 145 Å². The van der Waals surface area contributed by atoms with Gasteiger partial charge in [-0.25, -0.2) is 4.98 Å². The largest absolute Gasteiger partial charge is 0.297 e. The van der Waals surface area contributed by atoms with Crippen LogP contribution in [0.3, 0.4) is 0 Å². The minimum atomic E-state index is -0.299. The standard InChI is InChI=1S/C17H22N4O2S/c1-13-3-4-15(11-16(13)21(22)23)12-19-6-8-20(9-7-19)14(2)17-18-5-10-24-17/h3-5,10-11,14H,6-9,12H2,1-2H3/t14-/m1/s1. The van der Waals surface area contributed by atoms with Gasteiger partial charge in [-0.1, -0.05) is 12.1 Å². The molecule has 7 heteroatoms. The molecule has 0 amide bonds. The molecule has 0 unspecified atom stereocenters. The summed E-state index contributed by atoms with van der Waals surface area (Å²) in [5.41, 5.74) is 1.93. The summed E-state index contributed by atoms with van der Waals surface area (Å²) in [4.78, 5) is 20.0. The molecule has 1 saturated heterocycles. The van der Waals surface area contributed by atoms with Gasteiger partial charge in [-0.2, -0.15) is 0 Å². The predicted molar refractivity (Wildman–Crippen MR) is 95.2 cm³/mol. The second-order valence-electron chi connectivity index (χ2n) is 6.24. The van der Waals surface area contributed by atoms with Crippen LogP contribution in [0, 0.1) is 17.0 Å². The van der Waals surface area contributed by atoms with Crippen molar-refractivity contribution < 1.29 is 4.92 Å². The third kappa shape index (κ3) is 3.80. The van der Waals surface area contributed by atoms with E-state index in [9.17, 15) is 10.1 Å². The van der Waals surface area contributed by atoms with Gasteiger partial charge in [-0.3, -0.25) is 19.9 Å². The first kappa shape index (κ1) is 17.0. The van der Waals surface area contributed by atoms with Crippen molar-refractivity contribution in [1.82, 2.24) is 14.8 Å². The maximum absolute atomic E-state index is 11.1. The van der Waals surface area contributed by atoms with E-state index in [1.807, 2.05) is 23.7 Å². The van der Waals surface area contributed by atoms with Crippen LogP contribution in [0.2, 0.25) is 0 Å². The molecular formula is C17H22N4O2S. The lowest BCUT2D eigenvalue weighted by Crippen LogP contribution is -2.46. The molecule has 1 atom stereocenters. The second kappa shape index (κ2) is 7.38. The molecule has 2 heterocycles. The molecule has 2 aromatic rings. The van der Waals surface area contributed by atoms with Crippen molar-refractivity contribution in [3.05, 3.63) is 56.0 Å². The van der Waals surface area contributed by atoms with Crippen molar-refractivity contribution in [1.29, 1.82) is 0 Å². The molecule has 0 radical (unpaired) electrons. The molecule has 0 saturated carbocycles. The molecule has 1 fully saturated rings. The van der Waals surface area contributed by atoms with Crippen molar-refractivity contribution >= 4 is 17.0 Å². The summed E-state index contributed by atoms with van der Waals surface area (Å²) in [5, 5.41) is 14.3. The first-order valence-corrected chi connectivity index (χ1v) is 9.02. The zero-order chi connectivity index (χ0) is 17.1. The Morgan fingerprint density at radius 3 is 2.71 bits per heavy atom. The van der Waals surface area contributed by atoms with Crippen molar-refractivity contribution in [2.75, 3.05) is 26.2 Å². The third-order valence-electron chi connectivity index (χ3n) is 4.64. The van der Waals surface area contributed by atoms with Gasteiger partial charge in [0, 0.05) is 55.9 Å². The van der Waals surface area contributed by atoms with E-state index in [-0.39, 0.29) is 10.6 Å². The van der Waals surface area contributed by atoms with Crippen LogP contribution < -0.4 is 0 Å². The highest BCUT2D eigenvalue weighted by Gasteiger charge is 2.23. The second-order valence-corrected chi connectivity index (χ2v) is 7.16. The maximum Gasteiger partial charge on any atom is 0.272 e. The van der Waals surface area contributed by atoms with Crippen LogP contribution in [0.4, 0.5) is 5.69 Å². The molecule has 0 spiro atoms. The van der Waals surface area contributed by atoms with Gasteiger partial charge >= 0.3 is 0 Å². The van der Waals surface area contributed by atoms with Crippen molar-refractivity contribution in [3.8, 4) is 0 Å². The zero-order valence-electron chi connectivity index (χ0n) is 14.0. The smallest absolute Gasteiger partial charge is 0.272 e. The number of nitro groups is 1. The van der Waals surface area contributed by atoms with Gasteiger partial charge in [-0.15, -0.1) is 11.3 Å². The lowest BCUT2D eigenvalue weighted by atomic mass is 10.1. The number of piperazine rings is 1. The average Bonchev–Trinajstić information content (AvgIpc) is 3.11. The van der Waals surface area contributed by atoms with Crippen LogP contribution in [0.5, 0.6) is 0 Å². The molecule has 1 aliphatic heterocycles. The topological polar surface area (TPSA) is 62.5 Å². The van der Waals surface area contributed by atoms with Crippen LogP contribution >= 0.6 is 11.3 Å². The van der Waals surface area contributed by atoms with E-state index in [1.54, 1.807) is 24.3 Å². The van der Waals surface area contributed by atoms with Gasteiger partial charge < -0.3 is 0 Å². The van der Waals surface area contributed by atoms with E-state index in [2.05, 4.69) is 21.7 Å². The minimum Gasteiger partial charge on any atom is -0.297 e. The molecule has 0 bridgehead atoms. The number of hydrogen-bond donors (Lipinski definition) is 0. The summed E-state index contributed by atoms with van der Waals surface area (Å²) < 4.78 is 0. The lowest BCUT2D eigenvalue weighted by molar-refractivity contribution is -0.385. The number of benzene rings is 1. The lowest BCUT2D eigenvalue weighted by Gasteiger charge is -2.37. The molecule has 3 rings (SSSR count). The van der Waals surface area contributed by atoms with Gasteiger partial charge in [-0.05, 0) is 19.4 Å². The van der Waals surface area contributed by atoms with E-state index in [4.69, 9.17) is 0 Å². The Morgan fingerprint density at radius 1 is 1.33 bits per heavy atom. The first-order valence-electron chi connectivity index (χ1n) is 8.14. The van der Waals surface area contributed by atoms with Gasteiger partial charge in [0.1, 0.15) is 5.01 Å². The number of aryl methyl sites for hydroxylation is 1. The van der Waals surface area contributed by atoms with Crippen molar-refractivity contribution in [3.63, 3.8) is 0 Å². The molecule has 1 aromatic carbocycles. The zero-order valence-corrected chi connectivity index (χ0v) is 14.8. The minimum absolute atomic E-state index is 0.212. The molecule has 6 nitrogen and oxygen atoms in total. The number of rotatable bonds is 5. The monoisotopic (exact) mass is 346 g/mol. The first-order chi connectivity index (χ1) is 11.5. The van der Waals surface area contributed by atoms with Crippen molar-refractivity contribution in [2.45, 2.75) is 26.4 Å². The van der Waals surface area contributed by atoms with E-state index in [0.29, 0.717) is 11.6 Å². The molecule has 1 aromatic heterocycles. The number of nitro benzene ring substituents is 1. The van der Waals surface area contributed by atoms with Gasteiger partial charge in [0.05, 0.1) is 11.0 Å². The van der Waals surface area contributed by atoms with E-state index >= 15 is 0 Å². The Balaban J connectivity index is 1.58. The van der Waals surface area contributed by atoms with Gasteiger partial charge in [0.2, 0.25) is 0 Å². The molecule has 0 N–H and O–H groups in total. The van der Waals surface area contributed by atoms with Gasteiger partial charge in [0.25, 0.3) is 5.69 Å². The summed E-state index contributed by atoms with van der Waals surface area (Å²) in [6, 6.07) is 5.90. The fraction of sp³-hybridized carbons (Fsp3) is 0.471. The predicted octanol–water partition coefficient (Wildman–Crippen LogP) is 3.24. The van der Waals surface area contributed by atoms with E-state index in [1.165, 1.54) is 0 Å². The van der Waals surface area contributed by atoms with Gasteiger partial charge in [0.15, 0.2) is 0 Å².